The highest BCUT2D eigenvalue weighted by Crippen LogP contribution is 2.29. The molecule has 158 valence electrons. The van der Waals surface area contributed by atoms with Crippen LogP contribution in [0, 0.1) is 0 Å². The Hall–Kier alpha value is -3.88. The van der Waals surface area contributed by atoms with E-state index in [1.807, 2.05) is 42.5 Å². The Balaban J connectivity index is 1.54. The Morgan fingerprint density at radius 3 is 2.23 bits per heavy atom. The molecule has 4 rings (SSSR count). The molecule has 0 fully saturated rings. The zero-order valence-corrected chi connectivity index (χ0v) is 16.3. The van der Waals surface area contributed by atoms with Crippen molar-refractivity contribution in [3.8, 4) is 5.82 Å². The predicted molar refractivity (Wildman–Crippen MR) is 108 cm³/mol. The minimum atomic E-state index is -4.40. The fourth-order valence-electron chi connectivity index (χ4n) is 3.13. The number of nitrogens with zero attached hydrogens (tertiary/aromatic N) is 4. The van der Waals surface area contributed by atoms with Gasteiger partial charge >= 0.3 is 6.18 Å². The second-order valence-electron chi connectivity index (χ2n) is 6.87. The Bertz CT molecular complexity index is 1150. The van der Waals surface area contributed by atoms with Crippen LogP contribution in [0.3, 0.4) is 0 Å². The predicted octanol–water partition coefficient (Wildman–Crippen LogP) is 4.07. The van der Waals surface area contributed by atoms with Crippen LogP contribution in [0.2, 0.25) is 0 Å². The maximum atomic E-state index is 12.8. The number of amides is 1. The Kier molecular flexibility index (Phi) is 5.57. The van der Waals surface area contributed by atoms with Gasteiger partial charge in [-0.25, -0.2) is 4.68 Å². The van der Waals surface area contributed by atoms with Gasteiger partial charge in [0.1, 0.15) is 0 Å². The first-order valence-corrected chi connectivity index (χ1v) is 9.47. The Labute approximate surface area is 175 Å². The van der Waals surface area contributed by atoms with E-state index in [-0.39, 0.29) is 12.2 Å². The van der Waals surface area contributed by atoms with Crippen molar-refractivity contribution < 1.29 is 18.0 Å². The minimum Gasteiger partial charge on any atom is -0.346 e. The molecule has 31 heavy (non-hydrogen) atoms. The summed E-state index contributed by atoms with van der Waals surface area (Å²) in [6.45, 7) is 0.487. The fourth-order valence-corrected chi connectivity index (χ4v) is 3.13. The molecule has 0 radical (unpaired) electrons. The van der Waals surface area contributed by atoms with E-state index >= 15 is 0 Å². The first kappa shape index (κ1) is 20.4. The van der Waals surface area contributed by atoms with Crippen LogP contribution in [0.5, 0.6) is 0 Å². The van der Waals surface area contributed by atoms with Crippen LogP contribution in [-0.4, -0.2) is 25.5 Å². The summed E-state index contributed by atoms with van der Waals surface area (Å²) in [4.78, 5) is 12.8. The molecule has 0 bridgehead atoms. The van der Waals surface area contributed by atoms with Crippen LogP contribution in [0.25, 0.3) is 5.82 Å². The SMILES string of the molecule is O=C(NCc1ccc(C(F)(F)F)cc1)c1nnn(Cc2ccccc2)c1-n1cccc1. The number of aromatic nitrogens is 4. The molecular weight excluding hydrogens is 407 g/mol. The van der Waals surface area contributed by atoms with Gasteiger partial charge in [-0.3, -0.25) is 4.79 Å². The van der Waals surface area contributed by atoms with Crippen molar-refractivity contribution in [3.63, 3.8) is 0 Å². The zero-order valence-electron chi connectivity index (χ0n) is 16.3. The molecule has 0 aliphatic rings. The lowest BCUT2D eigenvalue weighted by Gasteiger charge is -2.10. The number of nitrogens with one attached hydrogen (secondary N) is 1. The van der Waals surface area contributed by atoms with Crippen LogP contribution in [0.15, 0.2) is 79.1 Å². The van der Waals surface area contributed by atoms with E-state index in [0.29, 0.717) is 17.9 Å². The molecular formula is C22H18F3N5O. The van der Waals surface area contributed by atoms with Crippen LogP contribution in [0.4, 0.5) is 13.2 Å². The van der Waals surface area contributed by atoms with Crippen LogP contribution >= 0.6 is 0 Å². The Morgan fingerprint density at radius 2 is 1.58 bits per heavy atom. The van der Waals surface area contributed by atoms with Crippen molar-refractivity contribution in [2.75, 3.05) is 0 Å². The zero-order chi connectivity index (χ0) is 21.8. The largest absolute Gasteiger partial charge is 0.416 e. The molecule has 4 aromatic rings. The van der Waals surface area contributed by atoms with Gasteiger partial charge in [-0.2, -0.15) is 13.2 Å². The summed E-state index contributed by atoms with van der Waals surface area (Å²) in [6.07, 6.45) is -0.829. The minimum absolute atomic E-state index is 0.0631. The second-order valence-corrected chi connectivity index (χ2v) is 6.87. The summed E-state index contributed by atoms with van der Waals surface area (Å²) in [5, 5.41) is 10.9. The lowest BCUT2D eigenvalue weighted by atomic mass is 10.1. The van der Waals surface area contributed by atoms with E-state index in [9.17, 15) is 18.0 Å². The average molecular weight is 425 g/mol. The molecule has 0 saturated heterocycles. The third kappa shape index (κ3) is 4.66. The van der Waals surface area contributed by atoms with Gasteiger partial charge < -0.3 is 9.88 Å². The van der Waals surface area contributed by atoms with Crippen molar-refractivity contribution >= 4 is 5.91 Å². The van der Waals surface area contributed by atoms with Gasteiger partial charge in [-0.15, -0.1) is 5.10 Å². The third-order valence-corrected chi connectivity index (χ3v) is 4.68. The maximum absolute atomic E-state index is 12.8. The van der Waals surface area contributed by atoms with Gasteiger partial charge in [0.25, 0.3) is 5.91 Å². The summed E-state index contributed by atoms with van der Waals surface area (Å²) in [5.41, 5.74) is 0.929. The molecule has 0 saturated carbocycles. The summed E-state index contributed by atoms with van der Waals surface area (Å²) in [5.74, 6) is 0.0293. The van der Waals surface area contributed by atoms with E-state index in [0.717, 1.165) is 17.7 Å². The standard InChI is InChI=1S/C22H18F3N5O/c23-22(24,25)18-10-8-16(9-11-18)14-26-20(31)19-21(29-12-4-5-13-29)30(28-27-19)15-17-6-2-1-3-7-17/h1-13H,14-15H2,(H,26,31). The van der Waals surface area contributed by atoms with Gasteiger partial charge in [-0.05, 0) is 35.4 Å². The molecule has 0 aliphatic carbocycles. The summed E-state index contributed by atoms with van der Waals surface area (Å²) in [6, 6.07) is 17.9. The highest BCUT2D eigenvalue weighted by molar-refractivity contribution is 5.95. The van der Waals surface area contributed by atoms with E-state index in [2.05, 4.69) is 15.6 Å². The van der Waals surface area contributed by atoms with Crippen molar-refractivity contribution in [2.45, 2.75) is 19.3 Å². The molecule has 9 heteroatoms. The quantitative estimate of drug-likeness (QED) is 0.507. The molecule has 1 N–H and O–H groups in total. The van der Waals surface area contributed by atoms with E-state index in [1.54, 1.807) is 21.6 Å². The summed E-state index contributed by atoms with van der Waals surface area (Å²) < 4.78 is 41.5. The smallest absolute Gasteiger partial charge is 0.346 e. The molecule has 6 nitrogen and oxygen atoms in total. The lowest BCUT2D eigenvalue weighted by molar-refractivity contribution is -0.137. The van der Waals surface area contributed by atoms with Crippen molar-refractivity contribution in [1.29, 1.82) is 0 Å². The third-order valence-electron chi connectivity index (χ3n) is 4.68. The number of carbonyl (C=O) groups is 1. The molecule has 0 atom stereocenters. The first-order valence-electron chi connectivity index (χ1n) is 9.47. The normalized spacial score (nSPS) is 11.5. The van der Waals surface area contributed by atoms with Crippen molar-refractivity contribution in [2.24, 2.45) is 0 Å². The molecule has 0 aliphatic heterocycles. The first-order chi connectivity index (χ1) is 14.9. The topological polar surface area (TPSA) is 64.7 Å². The monoisotopic (exact) mass is 425 g/mol. The number of hydrogen-bond donors (Lipinski definition) is 1. The summed E-state index contributed by atoms with van der Waals surface area (Å²) in [7, 11) is 0. The number of benzene rings is 2. The number of halogens is 3. The fraction of sp³-hybridized carbons (Fsp3) is 0.136. The number of hydrogen-bond acceptors (Lipinski definition) is 3. The van der Waals surface area contributed by atoms with Gasteiger partial charge in [0.2, 0.25) is 0 Å². The van der Waals surface area contributed by atoms with Gasteiger partial charge in [0.05, 0.1) is 12.1 Å². The molecule has 2 aromatic heterocycles. The number of rotatable bonds is 6. The summed E-state index contributed by atoms with van der Waals surface area (Å²) >= 11 is 0. The van der Waals surface area contributed by atoms with Gasteiger partial charge in [0.15, 0.2) is 11.5 Å². The highest BCUT2D eigenvalue weighted by atomic mass is 19.4. The molecule has 0 spiro atoms. The van der Waals surface area contributed by atoms with E-state index < -0.39 is 17.6 Å². The van der Waals surface area contributed by atoms with Crippen LogP contribution in [-0.2, 0) is 19.3 Å². The maximum Gasteiger partial charge on any atom is 0.416 e. The van der Waals surface area contributed by atoms with Gasteiger partial charge in [-0.1, -0.05) is 47.7 Å². The molecule has 2 heterocycles. The van der Waals surface area contributed by atoms with Crippen LogP contribution < -0.4 is 5.32 Å². The Morgan fingerprint density at radius 1 is 0.903 bits per heavy atom. The van der Waals surface area contributed by atoms with Crippen molar-refractivity contribution in [3.05, 3.63) is 102 Å². The number of alkyl halides is 3. The number of carbonyl (C=O) groups excluding carboxylic acids is 1. The van der Waals surface area contributed by atoms with E-state index in [4.69, 9.17) is 0 Å². The molecule has 0 unspecified atom stereocenters. The second kappa shape index (κ2) is 8.47. The molecule has 2 aromatic carbocycles. The van der Waals surface area contributed by atoms with Gasteiger partial charge in [0, 0.05) is 18.9 Å². The lowest BCUT2D eigenvalue weighted by Crippen LogP contribution is -2.25. The average Bonchev–Trinajstić information content (AvgIpc) is 3.42. The highest BCUT2D eigenvalue weighted by Gasteiger charge is 2.30. The van der Waals surface area contributed by atoms with E-state index in [1.165, 1.54) is 12.1 Å². The van der Waals surface area contributed by atoms with Crippen LogP contribution in [0.1, 0.15) is 27.2 Å². The van der Waals surface area contributed by atoms with Crippen molar-refractivity contribution in [1.82, 2.24) is 24.9 Å². The molecule has 1 amide bonds.